The van der Waals surface area contributed by atoms with Crippen molar-refractivity contribution in [2.24, 2.45) is 0 Å². The Hall–Kier alpha value is -3.81. The van der Waals surface area contributed by atoms with Crippen LogP contribution >= 0.6 is 0 Å². The SMILES string of the molecule is C[C@@H](O)c1nc(C(F)F)c(C(=O)N2CCc3[nH]cnc3[C@@H]2c2cc3cccc(C(F)(F)F)n3n2)o1. The van der Waals surface area contributed by atoms with Gasteiger partial charge in [-0.05, 0) is 25.1 Å². The number of aromatic amines is 1. The highest BCUT2D eigenvalue weighted by molar-refractivity contribution is 5.93. The van der Waals surface area contributed by atoms with E-state index in [0.717, 1.165) is 11.0 Å². The molecule has 0 radical (unpaired) electrons. The number of amides is 1. The van der Waals surface area contributed by atoms with E-state index in [1.54, 1.807) is 0 Å². The average Bonchev–Trinajstić information content (AvgIpc) is 3.54. The average molecular weight is 496 g/mol. The molecule has 35 heavy (non-hydrogen) atoms. The van der Waals surface area contributed by atoms with E-state index < -0.39 is 53.7 Å². The molecule has 5 heterocycles. The summed E-state index contributed by atoms with van der Waals surface area (Å²) in [6.07, 6.45) is -7.55. The van der Waals surface area contributed by atoms with Gasteiger partial charge in [0, 0.05) is 18.7 Å². The van der Waals surface area contributed by atoms with Crippen molar-refractivity contribution in [3.63, 3.8) is 0 Å². The van der Waals surface area contributed by atoms with Crippen LogP contribution in [0.2, 0.25) is 0 Å². The summed E-state index contributed by atoms with van der Waals surface area (Å²) < 4.78 is 73.7. The van der Waals surface area contributed by atoms with Gasteiger partial charge in [0.15, 0.2) is 5.69 Å². The fourth-order valence-corrected chi connectivity index (χ4v) is 4.14. The molecule has 1 aliphatic rings. The largest absolute Gasteiger partial charge is 0.433 e. The lowest BCUT2D eigenvalue weighted by atomic mass is 9.99. The number of H-pyrrole nitrogens is 1. The van der Waals surface area contributed by atoms with Gasteiger partial charge in [-0.25, -0.2) is 23.3 Å². The van der Waals surface area contributed by atoms with Gasteiger partial charge in [-0.1, -0.05) is 6.07 Å². The number of hydrogen-bond donors (Lipinski definition) is 2. The minimum absolute atomic E-state index is 0.00603. The topological polar surface area (TPSA) is 113 Å². The number of carbonyl (C=O) groups excluding carboxylic acids is 1. The summed E-state index contributed by atoms with van der Waals surface area (Å²) in [5.74, 6) is -2.20. The second-order valence-corrected chi connectivity index (χ2v) is 7.98. The Balaban J connectivity index is 1.64. The molecule has 9 nitrogen and oxygen atoms in total. The molecule has 2 N–H and O–H groups in total. The maximum atomic E-state index is 13.6. The van der Waals surface area contributed by atoms with Gasteiger partial charge in [0.2, 0.25) is 11.7 Å². The van der Waals surface area contributed by atoms with Crippen LogP contribution in [0, 0.1) is 0 Å². The Morgan fingerprint density at radius 2 is 2.09 bits per heavy atom. The molecule has 4 aromatic rings. The van der Waals surface area contributed by atoms with Gasteiger partial charge >= 0.3 is 6.18 Å². The standard InChI is InChI=1S/C21H17F5N6O3/c1-9(33)19-29-15(18(22)23)17(35-19)20(34)31-6-5-11-14(28-8-27-11)16(31)12-7-10-3-2-4-13(21(24,25)26)32(10)30-12/h2-4,7-9,16,18,33H,5-6H2,1H3,(H,27,28)/t9-,16+/m1/s1. The summed E-state index contributed by atoms with van der Waals surface area (Å²) in [6, 6.07) is 3.80. The van der Waals surface area contributed by atoms with Crippen molar-refractivity contribution in [2.75, 3.05) is 6.54 Å². The van der Waals surface area contributed by atoms with Crippen molar-refractivity contribution in [3.05, 3.63) is 70.7 Å². The Bertz CT molecular complexity index is 1410. The summed E-state index contributed by atoms with van der Waals surface area (Å²) in [7, 11) is 0. The van der Waals surface area contributed by atoms with Crippen molar-refractivity contribution in [1.82, 2.24) is 29.5 Å². The monoisotopic (exact) mass is 496 g/mol. The first-order valence-corrected chi connectivity index (χ1v) is 10.4. The molecule has 0 fully saturated rings. The van der Waals surface area contributed by atoms with Crippen molar-refractivity contribution < 1.29 is 36.3 Å². The van der Waals surface area contributed by atoms with Crippen LogP contribution in [0.3, 0.4) is 0 Å². The number of aliphatic hydroxyl groups is 1. The lowest BCUT2D eigenvalue weighted by Gasteiger charge is -2.33. The Labute approximate surface area is 193 Å². The van der Waals surface area contributed by atoms with E-state index in [-0.39, 0.29) is 24.2 Å². The first kappa shape index (κ1) is 23.0. The van der Waals surface area contributed by atoms with Crippen molar-refractivity contribution in [1.29, 1.82) is 0 Å². The summed E-state index contributed by atoms with van der Waals surface area (Å²) in [5.41, 5.74) is -0.842. The highest BCUT2D eigenvalue weighted by Gasteiger charge is 2.41. The fourth-order valence-electron chi connectivity index (χ4n) is 4.14. The minimum atomic E-state index is -4.69. The summed E-state index contributed by atoms with van der Waals surface area (Å²) in [4.78, 5) is 25.3. The zero-order chi connectivity index (χ0) is 25.1. The van der Waals surface area contributed by atoms with E-state index >= 15 is 0 Å². The van der Waals surface area contributed by atoms with Crippen LogP contribution in [0.1, 0.15) is 70.4 Å². The zero-order valence-corrected chi connectivity index (χ0v) is 17.9. The van der Waals surface area contributed by atoms with E-state index in [4.69, 9.17) is 4.42 Å². The number of halogens is 5. The van der Waals surface area contributed by atoms with Gasteiger partial charge in [0.05, 0.1) is 23.2 Å². The molecule has 0 saturated carbocycles. The van der Waals surface area contributed by atoms with E-state index in [1.165, 1.54) is 31.5 Å². The molecule has 1 aliphatic heterocycles. The second-order valence-electron chi connectivity index (χ2n) is 7.98. The van der Waals surface area contributed by atoms with Gasteiger partial charge in [-0.3, -0.25) is 4.79 Å². The minimum Gasteiger partial charge on any atom is -0.432 e. The van der Waals surface area contributed by atoms with Crippen molar-refractivity contribution in [2.45, 2.75) is 38.1 Å². The first-order valence-electron chi connectivity index (χ1n) is 10.4. The molecule has 0 bridgehead atoms. The molecule has 14 heteroatoms. The predicted molar refractivity (Wildman–Crippen MR) is 107 cm³/mol. The summed E-state index contributed by atoms with van der Waals surface area (Å²) in [6.45, 7) is 1.25. The lowest BCUT2D eigenvalue weighted by Crippen LogP contribution is -2.41. The van der Waals surface area contributed by atoms with Crippen LogP contribution in [0.4, 0.5) is 22.0 Å². The molecule has 0 aliphatic carbocycles. The number of alkyl halides is 5. The molecule has 184 valence electrons. The summed E-state index contributed by atoms with van der Waals surface area (Å²) in [5, 5.41) is 13.8. The highest BCUT2D eigenvalue weighted by atomic mass is 19.4. The number of nitrogens with one attached hydrogen (secondary N) is 1. The van der Waals surface area contributed by atoms with Crippen LogP contribution < -0.4 is 0 Å². The molecule has 0 unspecified atom stereocenters. The molecule has 2 atom stereocenters. The van der Waals surface area contributed by atoms with Crippen molar-refractivity contribution >= 4 is 11.4 Å². The van der Waals surface area contributed by atoms with E-state index in [2.05, 4.69) is 20.1 Å². The summed E-state index contributed by atoms with van der Waals surface area (Å²) >= 11 is 0. The molecular formula is C21H17F5N6O3. The Kier molecular flexibility index (Phi) is 5.34. The molecule has 1 amide bonds. The number of aliphatic hydroxyl groups excluding tert-OH is 1. The smallest absolute Gasteiger partial charge is 0.432 e. The number of imidazole rings is 1. The van der Waals surface area contributed by atoms with Gasteiger partial charge in [0.1, 0.15) is 17.8 Å². The maximum absolute atomic E-state index is 13.6. The van der Waals surface area contributed by atoms with Crippen LogP contribution in [-0.2, 0) is 12.6 Å². The van der Waals surface area contributed by atoms with Crippen LogP contribution in [0.25, 0.3) is 5.52 Å². The van der Waals surface area contributed by atoms with E-state index in [9.17, 15) is 31.9 Å². The normalized spacial score (nSPS) is 17.3. The molecule has 4 aromatic heterocycles. The van der Waals surface area contributed by atoms with Gasteiger partial charge in [-0.15, -0.1) is 0 Å². The van der Waals surface area contributed by atoms with Crippen LogP contribution in [0.5, 0.6) is 0 Å². The Morgan fingerprint density at radius 3 is 2.77 bits per heavy atom. The zero-order valence-electron chi connectivity index (χ0n) is 17.9. The quantitative estimate of drug-likeness (QED) is 0.415. The highest BCUT2D eigenvalue weighted by Crippen LogP contribution is 2.37. The van der Waals surface area contributed by atoms with Gasteiger partial charge in [-0.2, -0.15) is 18.3 Å². The molecule has 0 aromatic carbocycles. The first-order chi connectivity index (χ1) is 16.6. The number of fused-ring (bicyclic) bond motifs is 2. The number of rotatable bonds is 4. The number of aromatic nitrogens is 5. The number of carbonyl (C=O) groups is 1. The number of oxazole rings is 1. The Morgan fingerprint density at radius 1 is 1.31 bits per heavy atom. The molecule has 5 rings (SSSR count). The number of nitrogens with zero attached hydrogens (tertiary/aromatic N) is 5. The van der Waals surface area contributed by atoms with Crippen molar-refractivity contribution in [3.8, 4) is 0 Å². The second kappa shape index (κ2) is 8.15. The number of hydrogen-bond acceptors (Lipinski definition) is 6. The fraction of sp³-hybridized carbons (Fsp3) is 0.333. The maximum Gasteiger partial charge on any atom is 0.433 e. The third-order valence-electron chi connectivity index (χ3n) is 5.69. The third kappa shape index (κ3) is 3.83. The predicted octanol–water partition coefficient (Wildman–Crippen LogP) is 3.84. The van der Waals surface area contributed by atoms with E-state index in [0.29, 0.717) is 15.9 Å². The van der Waals surface area contributed by atoms with Gasteiger partial charge in [0.25, 0.3) is 12.3 Å². The lowest BCUT2D eigenvalue weighted by molar-refractivity contribution is -0.142. The molecular weight excluding hydrogens is 479 g/mol. The number of pyridine rings is 1. The van der Waals surface area contributed by atoms with Gasteiger partial charge < -0.3 is 19.4 Å². The third-order valence-corrected chi connectivity index (χ3v) is 5.69. The molecule has 0 saturated heterocycles. The molecule has 0 spiro atoms. The van der Waals surface area contributed by atoms with Crippen LogP contribution in [-0.4, -0.2) is 47.0 Å². The van der Waals surface area contributed by atoms with Crippen LogP contribution in [0.15, 0.2) is 35.0 Å². The van der Waals surface area contributed by atoms with E-state index in [1.807, 2.05) is 0 Å².